The summed E-state index contributed by atoms with van der Waals surface area (Å²) in [4.78, 5) is 14.4. The number of fused-ring (bicyclic) bond motifs is 1. The number of rotatable bonds is 4. The third-order valence-electron chi connectivity index (χ3n) is 5.44. The molecule has 1 aliphatic rings. The van der Waals surface area contributed by atoms with Crippen LogP contribution in [0, 0.1) is 17.2 Å². The van der Waals surface area contributed by atoms with Gasteiger partial charge in [0.05, 0.1) is 5.56 Å². The molecular weight excluding hydrogens is 383 g/mol. The van der Waals surface area contributed by atoms with Crippen LogP contribution in [0.25, 0.3) is 17.0 Å². The summed E-state index contributed by atoms with van der Waals surface area (Å²) in [5, 5.41) is 16.1. The van der Waals surface area contributed by atoms with Crippen LogP contribution in [-0.2, 0) is 4.79 Å². The van der Waals surface area contributed by atoms with Crippen LogP contribution in [0.4, 0.5) is 10.2 Å². The Bertz CT molecular complexity index is 1060. The van der Waals surface area contributed by atoms with Gasteiger partial charge >= 0.3 is 0 Å². The molecule has 1 unspecified atom stereocenters. The quantitative estimate of drug-likeness (QED) is 0.714. The molecule has 1 saturated heterocycles. The summed E-state index contributed by atoms with van der Waals surface area (Å²) < 4.78 is 15.9. The molecule has 7 nitrogen and oxygen atoms in total. The summed E-state index contributed by atoms with van der Waals surface area (Å²) in [6, 6.07) is 10.3. The molecule has 0 saturated carbocycles. The molecule has 0 radical (unpaired) electrons. The fourth-order valence-electron chi connectivity index (χ4n) is 3.70. The van der Waals surface area contributed by atoms with E-state index in [-0.39, 0.29) is 11.7 Å². The SMILES string of the molecule is CC(C)(C)C(=O)NCC1CCCN(c2ccc3nnc(-c4ccccc4F)n3n2)C1. The number of piperidine rings is 1. The highest BCUT2D eigenvalue weighted by atomic mass is 19.1. The Morgan fingerprint density at radius 1 is 1.20 bits per heavy atom. The third kappa shape index (κ3) is 4.13. The van der Waals surface area contributed by atoms with Gasteiger partial charge in [0.25, 0.3) is 0 Å². The number of hydrogen-bond acceptors (Lipinski definition) is 5. The number of nitrogens with one attached hydrogen (secondary N) is 1. The molecule has 3 aromatic rings. The minimum Gasteiger partial charge on any atom is -0.355 e. The number of carbonyl (C=O) groups is 1. The number of halogens is 1. The molecule has 0 bridgehead atoms. The van der Waals surface area contributed by atoms with Crippen molar-refractivity contribution in [3.63, 3.8) is 0 Å². The summed E-state index contributed by atoms with van der Waals surface area (Å²) >= 11 is 0. The number of aromatic nitrogens is 4. The summed E-state index contributed by atoms with van der Waals surface area (Å²) in [5.74, 6) is 1.25. The first-order chi connectivity index (χ1) is 14.3. The minimum absolute atomic E-state index is 0.0678. The van der Waals surface area contributed by atoms with Crippen molar-refractivity contribution in [2.24, 2.45) is 11.3 Å². The highest BCUT2D eigenvalue weighted by Gasteiger charge is 2.25. The molecular formula is C22H27FN6O. The van der Waals surface area contributed by atoms with Crippen LogP contribution >= 0.6 is 0 Å². The lowest BCUT2D eigenvalue weighted by molar-refractivity contribution is -0.128. The van der Waals surface area contributed by atoms with Crippen molar-refractivity contribution in [1.29, 1.82) is 0 Å². The first-order valence-electron chi connectivity index (χ1n) is 10.3. The second-order valence-electron chi connectivity index (χ2n) is 8.88. The summed E-state index contributed by atoms with van der Waals surface area (Å²) in [6.07, 6.45) is 2.09. The number of amides is 1. The van der Waals surface area contributed by atoms with Crippen molar-refractivity contribution in [3.05, 3.63) is 42.2 Å². The van der Waals surface area contributed by atoms with E-state index in [9.17, 15) is 9.18 Å². The molecule has 158 valence electrons. The van der Waals surface area contributed by atoms with Gasteiger partial charge in [-0.25, -0.2) is 4.39 Å². The lowest BCUT2D eigenvalue weighted by atomic mass is 9.94. The molecule has 1 aromatic carbocycles. The maximum absolute atomic E-state index is 14.3. The standard InChI is InChI=1S/C22H27FN6O/c1-22(2,3)21(30)24-13-15-7-6-12-28(14-15)19-11-10-18-25-26-20(29(18)27-19)16-8-4-5-9-17(16)23/h4-5,8-11,15H,6-7,12-14H2,1-3H3,(H,24,30). The zero-order chi connectivity index (χ0) is 21.3. The molecule has 4 rings (SSSR count). The van der Waals surface area contributed by atoms with Gasteiger partial charge in [-0.05, 0) is 43.0 Å². The molecule has 1 fully saturated rings. The summed E-state index contributed by atoms with van der Waals surface area (Å²) in [5.41, 5.74) is 0.553. The van der Waals surface area contributed by atoms with E-state index in [4.69, 9.17) is 5.10 Å². The lowest BCUT2D eigenvalue weighted by Gasteiger charge is -2.34. The fourth-order valence-corrected chi connectivity index (χ4v) is 3.70. The Labute approximate surface area is 175 Å². The third-order valence-corrected chi connectivity index (χ3v) is 5.44. The van der Waals surface area contributed by atoms with E-state index in [0.29, 0.717) is 29.5 Å². The first kappa shape index (κ1) is 20.3. The van der Waals surface area contributed by atoms with E-state index in [1.807, 2.05) is 32.9 Å². The van der Waals surface area contributed by atoms with Crippen molar-refractivity contribution >= 4 is 17.4 Å². The van der Waals surface area contributed by atoms with E-state index in [2.05, 4.69) is 20.4 Å². The fraction of sp³-hybridized carbons (Fsp3) is 0.455. The average Bonchev–Trinajstić information content (AvgIpc) is 3.15. The van der Waals surface area contributed by atoms with Crippen molar-refractivity contribution in [2.45, 2.75) is 33.6 Å². The van der Waals surface area contributed by atoms with Gasteiger partial charge in [-0.1, -0.05) is 32.9 Å². The van der Waals surface area contributed by atoms with Gasteiger partial charge in [-0.2, -0.15) is 4.52 Å². The molecule has 30 heavy (non-hydrogen) atoms. The maximum atomic E-state index is 14.3. The molecule has 1 N–H and O–H groups in total. The molecule has 0 aliphatic carbocycles. The number of hydrogen-bond donors (Lipinski definition) is 1. The Morgan fingerprint density at radius 2 is 2.00 bits per heavy atom. The van der Waals surface area contributed by atoms with Gasteiger partial charge in [0.2, 0.25) is 5.91 Å². The maximum Gasteiger partial charge on any atom is 0.225 e. The van der Waals surface area contributed by atoms with Crippen molar-refractivity contribution in [1.82, 2.24) is 25.1 Å². The van der Waals surface area contributed by atoms with E-state index in [0.717, 1.165) is 31.7 Å². The van der Waals surface area contributed by atoms with Gasteiger partial charge in [0.15, 0.2) is 11.5 Å². The van der Waals surface area contributed by atoms with Crippen molar-refractivity contribution in [3.8, 4) is 11.4 Å². The van der Waals surface area contributed by atoms with E-state index < -0.39 is 5.41 Å². The average molecular weight is 410 g/mol. The molecule has 3 heterocycles. The molecule has 1 amide bonds. The van der Waals surface area contributed by atoms with Gasteiger partial charge < -0.3 is 10.2 Å². The van der Waals surface area contributed by atoms with E-state index >= 15 is 0 Å². The van der Waals surface area contributed by atoms with E-state index in [1.165, 1.54) is 6.07 Å². The normalized spacial score (nSPS) is 17.3. The summed E-state index contributed by atoms with van der Waals surface area (Å²) in [7, 11) is 0. The molecule has 2 aromatic heterocycles. The van der Waals surface area contributed by atoms with Crippen LogP contribution < -0.4 is 10.2 Å². The van der Waals surface area contributed by atoms with Crippen molar-refractivity contribution < 1.29 is 9.18 Å². The topological polar surface area (TPSA) is 75.4 Å². The minimum atomic E-state index is -0.390. The van der Waals surface area contributed by atoms with Crippen LogP contribution in [0.2, 0.25) is 0 Å². The molecule has 1 atom stereocenters. The van der Waals surface area contributed by atoms with Gasteiger partial charge in [-0.3, -0.25) is 4.79 Å². The lowest BCUT2D eigenvalue weighted by Crippen LogP contribution is -2.43. The van der Waals surface area contributed by atoms with Crippen LogP contribution in [-0.4, -0.2) is 45.4 Å². The Balaban J connectivity index is 1.54. The highest BCUT2D eigenvalue weighted by molar-refractivity contribution is 5.81. The van der Waals surface area contributed by atoms with Crippen LogP contribution in [0.5, 0.6) is 0 Å². The monoisotopic (exact) mass is 410 g/mol. The summed E-state index contributed by atoms with van der Waals surface area (Å²) in [6.45, 7) is 8.10. The molecule has 8 heteroatoms. The Morgan fingerprint density at radius 3 is 2.77 bits per heavy atom. The first-order valence-corrected chi connectivity index (χ1v) is 10.3. The number of nitrogens with zero attached hydrogens (tertiary/aromatic N) is 5. The van der Waals surface area contributed by atoms with Crippen LogP contribution in [0.3, 0.4) is 0 Å². The second-order valence-corrected chi connectivity index (χ2v) is 8.88. The Hall–Kier alpha value is -3.03. The van der Waals surface area contributed by atoms with E-state index in [1.54, 1.807) is 22.7 Å². The second kappa shape index (κ2) is 8.01. The van der Waals surface area contributed by atoms with Gasteiger partial charge in [-0.15, -0.1) is 15.3 Å². The number of benzene rings is 1. The number of carbonyl (C=O) groups excluding carboxylic acids is 1. The largest absolute Gasteiger partial charge is 0.355 e. The molecule has 1 aliphatic heterocycles. The van der Waals surface area contributed by atoms with Crippen LogP contribution in [0.1, 0.15) is 33.6 Å². The van der Waals surface area contributed by atoms with Gasteiger partial charge in [0, 0.05) is 25.0 Å². The van der Waals surface area contributed by atoms with Crippen LogP contribution in [0.15, 0.2) is 36.4 Å². The highest BCUT2D eigenvalue weighted by Crippen LogP contribution is 2.25. The predicted octanol–water partition coefficient (Wildman–Crippen LogP) is 3.31. The van der Waals surface area contributed by atoms with Gasteiger partial charge in [0.1, 0.15) is 11.6 Å². The Kier molecular flexibility index (Phi) is 5.40. The zero-order valence-corrected chi connectivity index (χ0v) is 17.6. The predicted molar refractivity (Wildman–Crippen MR) is 114 cm³/mol. The number of anilines is 1. The van der Waals surface area contributed by atoms with Crippen molar-refractivity contribution in [2.75, 3.05) is 24.5 Å². The molecule has 0 spiro atoms. The zero-order valence-electron chi connectivity index (χ0n) is 17.6. The smallest absolute Gasteiger partial charge is 0.225 e.